The Bertz CT molecular complexity index is 156. The molecule has 12 heavy (non-hydrogen) atoms. The van der Waals surface area contributed by atoms with E-state index in [0.717, 1.165) is 24.9 Å². The van der Waals surface area contributed by atoms with E-state index in [9.17, 15) is 5.11 Å². The van der Waals surface area contributed by atoms with Crippen LogP contribution in [-0.4, -0.2) is 29.3 Å². The van der Waals surface area contributed by atoms with E-state index in [-0.39, 0.29) is 0 Å². The molecule has 1 unspecified atom stereocenters. The number of hydrogen-bond acceptors (Lipinski definition) is 2. The minimum atomic E-state index is -0.436. The zero-order valence-electron chi connectivity index (χ0n) is 8.03. The zero-order chi connectivity index (χ0) is 9.14. The van der Waals surface area contributed by atoms with Crippen LogP contribution in [0.1, 0.15) is 20.3 Å². The molecule has 1 saturated heterocycles. The van der Waals surface area contributed by atoms with Gasteiger partial charge in [0.25, 0.3) is 0 Å². The van der Waals surface area contributed by atoms with Crippen LogP contribution in [0, 0.1) is 11.8 Å². The standard InChI is InChI=1S/C10H19NO/c1-4-10(12)11-6-5-9(7-11)8(2)3/h4,8-10,12H,1,5-7H2,2-3H3/t9-,10?/m1/s1. The Hall–Kier alpha value is -0.340. The molecule has 0 aliphatic carbocycles. The van der Waals surface area contributed by atoms with Gasteiger partial charge < -0.3 is 5.11 Å². The van der Waals surface area contributed by atoms with E-state index >= 15 is 0 Å². The fraction of sp³-hybridized carbons (Fsp3) is 0.800. The normalized spacial score (nSPS) is 27.8. The molecule has 0 radical (unpaired) electrons. The lowest BCUT2D eigenvalue weighted by Crippen LogP contribution is -2.31. The summed E-state index contributed by atoms with van der Waals surface area (Å²) in [5.74, 6) is 1.48. The highest BCUT2D eigenvalue weighted by atomic mass is 16.3. The van der Waals surface area contributed by atoms with Gasteiger partial charge in [0, 0.05) is 13.1 Å². The number of aliphatic hydroxyl groups excluding tert-OH is 1. The molecule has 0 amide bonds. The van der Waals surface area contributed by atoms with Crippen LogP contribution in [0.25, 0.3) is 0 Å². The lowest BCUT2D eigenvalue weighted by molar-refractivity contribution is 0.0568. The molecule has 1 aliphatic heterocycles. The molecular weight excluding hydrogens is 150 g/mol. The minimum Gasteiger partial charge on any atom is -0.375 e. The molecule has 0 aromatic rings. The number of likely N-dealkylation sites (tertiary alicyclic amines) is 1. The predicted molar refractivity (Wildman–Crippen MR) is 50.7 cm³/mol. The topological polar surface area (TPSA) is 23.5 Å². The molecule has 1 N–H and O–H groups in total. The van der Waals surface area contributed by atoms with Gasteiger partial charge in [-0.15, -0.1) is 0 Å². The summed E-state index contributed by atoms with van der Waals surface area (Å²) in [5.41, 5.74) is 0. The quantitative estimate of drug-likeness (QED) is 0.647. The Morgan fingerprint density at radius 3 is 2.67 bits per heavy atom. The monoisotopic (exact) mass is 169 g/mol. The van der Waals surface area contributed by atoms with E-state index in [1.54, 1.807) is 6.08 Å². The van der Waals surface area contributed by atoms with Gasteiger partial charge in [0.05, 0.1) is 0 Å². The highest BCUT2D eigenvalue weighted by Gasteiger charge is 2.27. The first-order chi connectivity index (χ1) is 5.65. The van der Waals surface area contributed by atoms with Crippen LogP contribution in [0.3, 0.4) is 0 Å². The van der Waals surface area contributed by atoms with Gasteiger partial charge in [-0.25, -0.2) is 0 Å². The maximum absolute atomic E-state index is 9.47. The van der Waals surface area contributed by atoms with Gasteiger partial charge in [0.15, 0.2) is 0 Å². The SMILES string of the molecule is C=CC(O)N1CC[C@@H](C(C)C)C1. The molecule has 2 nitrogen and oxygen atoms in total. The molecule has 0 saturated carbocycles. The van der Waals surface area contributed by atoms with Crippen LogP contribution in [0.4, 0.5) is 0 Å². The molecule has 1 heterocycles. The first-order valence-electron chi connectivity index (χ1n) is 4.69. The molecular formula is C10H19NO. The third-order valence-electron chi connectivity index (χ3n) is 2.78. The summed E-state index contributed by atoms with van der Waals surface area (Å²) in [7, 11) is 0. The Morgan fingerprint density at radius 2 is 2.25 bits per heavy atom. The number of aliphatic hydroxyl groups is 1. The number of rotatable bonds is 3. The van der Waals surface area contributed by atoms with Crippen LogP contribution in [0.5, 0.6) is 0 Å². The van der Waals surface area contributed by atoms with E-state index in [0.29, 0.717) is 0 Å². The summed E-state index contributed by atoms with van der Waals surface area (Å²) < 4.78 is 0. The van der Waals surface area contributed by atoms with Crippen molar-refractivity contribution in [2.75, 3.05) is 13.1 Å². The van der Waals surface area contributed by atoms with E-state index < -0.39 is 6.23 Å². The van der Waals surface area contributed by atoms with Crippen molar-refractivity contribution < 1.29 is 5.11 Å². The van der Waals surface area contributed by atoms with Gasteiger partial charge >= 0.3 is 0 Å². The van der Waals surface area contributed by atoms with Crippen molar-refractivity contribution in [3.63, 3.8) is 0 Å². The molecule has 0 bridgehead atoms. The third kappa shape index (κ3) is 2.08. The van der Waals surface area contributed by atoms with Gasteiger partial charge in [0.2, 0.25) is 0 Å². The minimum absolute atomic E-state index is 0.436. The smallest absolute Gasteiger partial charge is 0.126 e. The van der Waals surface area contributed by atoms with Crippen molar-refractivity contribution in [3.8, 4) is 0 Å². The van der Waals surface area contributed by atoms with E-state index in [4.69, 9.17) is 0 Å². The van der Waals surface area contributed by atoms with Gasteiger partial charge in [-0.2, -0.15) is 0 Å². The summed E-state index contributed by atoms with van der Waals surface area (Å²) >= 11 is 0. The Morgan fingerprint density at radius 1 is 1.58 bits per heavy atom. The highest BCUT2D eigenvalue weighted by molar-refractivity contribution is 4.85. The average molecular weight is 169 g/mol. The van der Waals surface area contributed by atoms with E-state index in [1.807, 2.05) is 0 Å². The maximum atomic E-state index is 9.47. The molecule has 70 valence electrons. The first-order valence-corrected chi connectivity index (χ1v) is 4.69. The summed E-state index contributed by atoms with van der Waals surface area (Å²) in [4.78, 5) is 2.08. The zero-order valence-corrected chi connectivity index (χ0v) is 8.03. The van der Waals surface area contributed by atoms with E-state index in [2.05, 4.69) is 25.3 Å². The first kappa shape index (κ1) is 9.75. The van der Waals surface area contributed by atoms with Crippen molar-refractivity contribution in [2.45, 2.75) is 26.5 Å². The predicted octanol–water partition coefficient (Wildman–Crippen LogP) is 1.47. The second-order valence-electron chi connectivity index (χ2n) is 3.94. The van der Waals surface area contributed by atoms with Crippen molar-refractivity contribution in [2.24, 2.45) is 11.8 Å². The second-order valence-corrected chi connectivity index (χ2v) is 3.94. The Balaban J connectivity index is 2.40. The Labute approximate surface area is 74.9 Å². The van der Waals surface area contributed by atoms with Crippen LogP contribution >= 0.6 is 0 Å². The fourth-order valence-electron chi connectivity index (χ4n) is 1.75. The third-order valence-corrected chi connectivity index (χ3v) is 2.78. The fourth-order valence-corrected chi connectivity index (χ4v) is 1.75. The van der Waals surface area contributed by atoms with Gasteiger partial charge in [0.1, 0.15) is 6.23 Å². The number of hydrogen-bond donors (Lipinski definition) is 1. The Kier molecular flexibility index (Phi) is 3.29. The van der Waals surface area contributed by atoms with Gasteiger partial charge in [-0.1, -0.05) is 20.4 Å². The molecule has 2 heteroatoms. The van der Waals surface area contributed by atoms with Crippen molar-refractivity contribution in [3.05, 3.63) is 12.7 Å². The lowest BCUT2D eigenvalue weighted by Gasteiger charge is -2.20. The molecule has 1 fully saturated rings. The molecule has 2 atom stereocenters. The summed E-state index contributed by atoms with van der Waals surface area (Å²) in [6, 6.07) is 0. The number of nitrogens with zero attached hydrogens (tertiary/aromatic N) is 1. The van der Waals surface area contributed by atoms with Crippen LogP contribution in [0.2, 0.25) is 0 Å². The molecule has 0 aromatic carbocycles. The highest BCUT2D eigenvalue weighted by Crippen LogP contribution is 2.24. The van der Waals surface area contributed by atoms with Crippen LogP contribution in [0.15, 0.2) is 12.7 Å². The summed E-state index contributed by atoms with van der Waals surface area (Å²) in [6.45, 7) is 10.1. The molecule has 1 aliphatic rings. The van der Waals surface area contributed by atoms with Crippen LogP contribution < -0.4 is 0 Å². The molecule has 0 spiro atoms. The largest absolute Gasteiger partial charge is 0.375 e. The maximum Gasteiger partial charge on any atom is 0.126 e. The second kappa shape index (κ2) is 4.06. The van der Waals surface area contributed by atoms with Gasteiger partial charge in [-0.05, 0) is 24.3 Å². The van der Waals surface area contributed by atoms with E-state index in [1.165, 1.54) is 6.42 Å². The lowest BCUT2D eigenvalue weighted by atomic mass is 9.95. The van der Waals surface area contributed by atoms with Gasteiger partial charge in [-0.3, -0.25) is 4.90 Å². The summed E-state index contributed by atoms with van der Waals surface area (Å²) in [5, 5.41) is 9.47. The molecule has 0 aromatic heterocycles. The average Bonchev–Trinajstić information content (AvgIpc) is 2.51. The summed E-state index contributed by atoms with van der Waals surface area (Å²) in [6.07, 6.45) is 2.37. The van der Waals surface area contributed by atoms with Crippen LogP contribution in [-0.2, 0) is 0 Å². The van der Waals surface area contributed by atoms with Crippen molar-refractivity contribution in [1.82, 2.24) is 4.90 Å². The van der Waals surface area contributed by atoms with Crippen molar-refractivity contribution >= 4 is 0 Å². The van der Waals surface area contributed by atoms with Crippen molar-refractivity contribution in [1.29, 1.82) is 0 Å². The molecule has 1 rings (SSSR count).